The standard InChI is InChI=1S/C23H18FNO2/c24-19-12-10-16(11-13-19)14-22(26)25-23(17-6-2-1-3-7-17)21-15-18-8-4-5-9-20(18)27-21/h1-13,15,23H,14H2,(H,25,26)/t23-/m1/s1. The third-order valence-corrected chi connectivity index (χ3v) is 4.45. The molecule has 4 aromatic rings. The van der Waals surface area contributed by atoms with Crippen molar-refractivity contribution in [3.05, 3.63) is 108 Å². The van der Waals surface area contributed by atoms with Crippen molar-refractivity contribution in [2.24, 2.45) is 0 Å². The zero-order valence-corrected chi connectivity index (χ0v) is 14.6. The Labute approximate surface area is 156 Å². The van der Waals surface area contributed by atoms with E-state index >= 15 is 0 Å². The molecule has 1 heterocycles. The average Bonchev–Trinajstić information content (AvgIpc) is 3.12. The van der Waals surface area contributed by atoms with Gasteiger partial charge in [0.25, 0.3) is 0 Å². The first kappa shape index (κ1) is 17.0. The molecule has 4 rings (SSSR count). The Morgan fingerprint density at radius 2 is 1.63 bits per heavy atom. The second-order valence-corrected chi connectivity index (χ2v) is 6.40. The van der Waals surface area contributed by atoms with Gasteiger partial charge in [0, 0.05) is 5.39 Å². The van der Waals surface area contributed by atoms with E-state index in [-0.39, 0.29) is 18.1 Å². The highest BCUT2D eigenvalue weighted by molar-refractivity contribution is 5.81. The summed E-state index contributed by atoms with van der Waals surface area (Å²) in [5, 5.41) is 4.03. The van der Waals surface area contributed by atoms with E-state index in [0.29, 0.717) is 5.76 Å². The lowest BCUT2D eigenvalue weighted by Crippen LogP contribution is -2.30. The zero-order chi connectivity index (χ0) is 18.6. The average molecular weight is 359 g/mol. The van der Waals surface area contributed by atoms with Crippen LogP contribution in [-0.2, 0) is 11.2 Å². The molecular formula is C23H18FNO2. The summed E-state index contributed by atoms with van der Waals surface area (Å²) >= 11 is 0. The maximum Gasteiger partial charge on any atom is 0.225 e. The molecule has 0 spiro atoms. The molecule has 0 aliphatic rings. The number of fused-ring (bicyclic) bond motifs is 1. The van der Waals surface area contributed by atoms with Crippen LogP contribution in [0.4, 0.5) is 4.39 Å². The van der Waals surface area contributed by atoms with E-state index in [9.17, 15) is 9.18 Å². The zero-order valence-electron chi connectivity index (χ0n) is 14.6. The number of para-hydroxylation sites is 1. The van der Waals surface area contributed by atoms with Gasteiger partial charge in [0.15, 0.2) is 0 Å². The Morgan fingerprint density at radius 1 is 0.926 bits per heavy atom. The summed E-state index contributed by atoms with van der Waals surface area (Å²) in [6.07, 6.45) is 0.170. The van der Waals surface area contributed by atoms with E-state index in [1.807, 2.05) is 60.7 Å². The van der Waals surface area contributed by atoms with E-state index in [1.54, 1.807) is 12.1 Å². The molecule has 134 valence electrons. The number of hydrogen-bond donors (Lipinski definition) is 1. The smallest absolute Gasteiger partial charge is 0.225 e. The molecule has 1 amide bonds. The fourth-order valence-corrected chi connectivity index (χ4v) is 3.11. The predicted molar refractivity (Wildman–Crippen MR) is 103 cm³/mol. The van der Waals surface area contributed by atoms with Crippen molar-refractivity contribution < 1.29 is 13.6 Å². The first-order chi connectivity index (χ1) is 13.2. The van der Waals surface area contributed by atoms with Gasteiger partial charge in [-0.15, -0.1) is 0 Å². The second kappa shape index (κ2) is 7.46. The molecule has 1 atom stereocenters. The van der Waals surface area contributed by atoms with E-state index in [1.165, 1.54) is 12.1 Å². The molecule has 0 saturated carbocycles. The maximum absolute atomic E-state index is 13.1. The fraction of sp³-hybridized carbons (Fsp3) is 0.0870. The van der Waals surface area contributed by atoms with Gasteiger partial charge in [-0.05, 0) is 35.4 Å². The molecule has 3 aromatic carbocycles. The number of hydrogen-bond acceptors (Lipinski definition) is 2. The molecule has 0 radical (unpaired) electrons. The van der Waals surface area contributed by atoms with Gasteiger partial charge in [-0.2, -0.15) is 0 Å². The van der Waals surface area contributed by atoms with Crippen molar-refractivity contribution >= 4 is 16.9 Å². The van der Waals surface area contributed by atoms with Gasteiger partial charge in [0.2, 0.25) is 5.91 Å². The number of nitrogens with one attached hydrogen (secondary N) is 1. The summed E-state index contributed by atoms with van der Waals surface area (Å²) in [5.41, 5.74) is 2.47. The lowest BCUT2D eigenvalue weighted by Gasteiger charge is -2.17. The number of furan rings is 1. The lowest BCUT2D eigenvalue weighted by molar-refractivity contribution is -0.121. The van der Waals surface area contributed by atoms with Gasteiger partial charge in [-0.3, -0.25) is 4.79 Å². The van der Waals surface area contributed by atoms with Crippen LogP contribution in [-0.4, -0.2) is 5.91 Å². The molecule has 0 aliphatic heterocycles. The minimum Gasteiger partial charge on any atom is -0.459 e. The molecule has 0 saturated heterocycles. The van der Waals surface area contributed by atoms with Crippen LogP contribution in [0.1, 0.15) is 22.9 Å². The van der Waals surface area contributed by atoms with E-state index in [4.69, 9.17) is 4.42 Å². The largest absolute Gasteiger partial charge is 0.459 e. The molecule has 0 fully saturated rings. The summed E-state index contributed by atoms with van der Waals surface area (Å²) in [6, 6.07) is 24.9. The van der Waals surface area contributed by atoms with Gasteiger partial charge < -0.3 is 9.73 Å². The highest BCUT2D eigenvalue weighted by Gasteiger charge is 2.21. The third kappa shape index (κ3) is 3.90. The predicted octanol–water partition coefficient (Wildman–Crippen LogP) is 5.02. The normalized spacial score (nSPS) is 12.0. The Balaban J connectivity index is 1.62. The number of rotatable bonds is 5. The van der Waals surface area contributed by atoms with E-state index in [0.717, 1.165) is 22.1 Å². The summed E-state index contributed by atoms with van der Waals surface area (Å²) in [6.45, 7) is 0. The number of halogens is 1. The van der Waals surface area contributed by atoms with Crippen molar-refractivity contribution in [2.45, 2.75) is 12.5 Å². The second-order valence-electron chi connectivity index (χ2n) is 6.40. The molecule has 0 bridgehead atoms. The monoisotopic (exact) mass is 359 g/mol. The Hall–Kier alpha value is -3.40. The molecule has 0 unspecified atom stereocenters. The van der Waals surface area contributed by atoms with Crippen molar-refractivity contribution in [1.29, 1.82) is 0 Å². The van der Waals surface area contributed by atoms with Crippen molar-refractivity contribution in [3.63, 3.8) is 0 Å². The number of carbonyl (C=O) groups is 1. The molecule has 27 heavy (non-hydrogen) atoms. The number of amides is 1. The van der Waals surface area contributed by atoms with Crippen LogP contribution in [0.2, 0.25) is 0 Å². The quantitative estimate of drug-likeness (QED) is 0.544. The number of benzene rings is 3. The molecule has 1 N–H and O–H groups in total. The summed E-state index contributed by atoms with van der Waals surface area (Å²) in [5.74, 6) is 0.203. The Morgan fingerprint density at radius 3 is 2.37 bits per heavy atom. The van der Waals surface area contributed by atoms with Crippen molar-refractivity contribution in [3.8, 4) is 0 Å². The minimum absolute atomic E-state index is 0.157. The number of carbonyl (C=O) groups excluding carboxylic acids is 1. The summed E-state index contributed by atoms with van der Waals surface area (Å²) < 4.78 is 19.1. The maximum atomic E-state index is 13.1. The highest BCUT2D eigenvalue weighted by atomic mass is 19.1. The van der Waals surface area contributed by atoms with Crippen LogP contribution in [0.25, 0.3) is 11.0 Å². The molecular weight excluding hydrogens is 341 g/mol. The topological polar surface area (TPSA) is 42.2 Å². The fourth-order valence-electron chi connectivity index (χ4n) is 3.11. The highest BCUT2D eigenvalue weighted by Crippen LogP contribution is 2.28. The molecule has 1 aromatic heterocycles. The van der Waals surface area contributed by atoms with Crippen molar-refractivity contribution in [2.75, 3.05) is 0 Å². The van der Waals surface area contributed by atoms with Gasteiger partial charge in [-0.25, -0.2) is 4.39 Å². The third-order valence-electron chi connectivity index (χ3n) is 4.45. The summed E-state index contributed by atoms with van der Waals surface area (Å²) in [7, 11) is 0. The summed E-state index contributed by atoms with van der Waals surface area (Å²) in [4.78, 5) is 12.6. The van der Waals surface area contributed by atoms with Crippen LogP contribution in [0, 0.1) is 5.82 Å². The van der Waals surface area contributed by atoms with Crippen LogP contribution in [0.5, 0.6) is 0 Å². The van der Waals surface area contributed by atoms with Crippen LogP contribution < -0.4 is 5.32 Å². The Bertz CT molecular complexity index is 1020. The minimum atomic E-state index is -0.397. The van der Waals surface area contributed by atoms with Gasteiger partial charge in [-0.1, -0.05) is 60.7 Å². The van der Waals surface area contributed by atoms with Gasteiger partial charge >= 0.3 is 0 Å². The van der Waals surface area contributed by atoms with Crippen LogP contribution in [0.15, 0.2) is 89.3 Å². The Kier molecular flexibility index (Phi) is 4.71. The molecule has 0 aliphatic carbocycles. The van der Waals surface area contributed by atoms with Crippen molar-refractivity contribution in [1.82, 2.24) is 5.32 Å². The van der Waals surface area contributed by atoms with Crippen LogP contribution >= 0.6 is 0 Å². The SMILES string of the molecule is O=C(Cc1ccc(F)cc1)N[C@H](c1ccccc1)c1cc2ccccc2o1. The van der Waals surface area contributed by atoms with Crippen LogP contribution in [0.3, 0.4) is 0 Å². The molecule has 3 nitrogen and oxygen atoms in total. The van der Waals surface area contributed by atoms with E-state index in [2.05, 4.69) is 5.32 Å². The molecule has 4 heteroatoms. The van der Waals surface area contributed by atoms with E-state index < -0.39 is 6.04 Å². The first-order valence-electron chi connectivity index (χ1n) is 8.76. The van der Waals surface area contributed by atoms with Gasteiger partial charge in [0.1, 0.15) is 23.2 Å². The lowest BCUT2D eigenvalue weighted by atomic mass is 10.0. The van der Waals surface area contributed by atoms with Gasteiger partial charge in [0.05, 0.1) is 6.42 Å². The first-order valence-corrected chi connectivity index (χ1v) is 8.76.